The Labute approximate surface area is 105 Å². The summed E-state index contributed by atoms with van der Waals surface area (Å²) in [4.78, 5) is 10.3. The number of nitrogens with zero attached hydrogens (tertiary/aromatic N) is 3. The Morgan fingerprint density at radius 3 is 2.65 bits per heavy atom. The van der Waals surface area contributed by atoms with Crippen LogP contribution in [0.3, 0.4) is 0 Å². The minimum absolute atomic E-state index is 0.415. The van der Waals surface area contributed by atoms with Crippen molar-refractivity contribution in [3.05, 3.63) is 46.9 Å². The van der Waals surface area contributed by atoms with Gasteiger partial charge in [0.2, 0.25) is 0 Å². The van der Waals surface area contributed by atoms with Crippen LogP contribution in [-0.4, -0.2) is 21.9 Å². The molecule has 0 N–H and O–H groups in total. The van der Waals surface area contributed by atoms with Crippen molar-refractivity contribution < 1.29 is 4.42 Å². The highest BCUT2D eigenvalue weighted by Crippen LogP contribution is 2.10. The molecular formula is C12H14ClN3O. The molecule has 0 fully saturated rings. The number of furan rings is 1. The van der Waals surface area contributed by atoms with Crippen molar-refractivity contribution in [2.45, 2.75) is 20.0 Å². The Hall–Kier alpha value is -1.39. The van der Waals surface area contributed by atoms with Crippen LogP contribution in [0, 0.1) is 6.92 Å². The molecule has 0 unspecified atom stereocenters. The van der Waals surface area contributed by atoms with Gasteiger partial charge in [0.05, 0.1) is 24.6 Å². The number of halogens is 1. The summed E-state index contributed by atoms with van der Waals surface area (Å²) in [6.07, 6.45) is 3.24. The van der Waals surface area contributed by atoms with Crippen LogP contribution in [0.25, 0.3) is 0 Å². The summed E-state index contributed by atoms with van der Waals surface area (Å²) in [7, 11) is 2.01. The molecule has 0 aliphatic heterocycles. The summed E-state index contributed by atoms with van der Waals surface area (Å²) in [5, 5.41) is 0.415. The smallest absolute Gasteiger partial charge is 0.147 e. The molecule has 0 aromatic carbocycles. The van der Waals surface area contributed by atoms with Gasteiger partial charge in [0.15, 0.2) is 0 Å². The Kier molecular flexibility index (Phi) is 3.76. The third-order valence-electron chi connectivity index (χ3n) is 2.33. The van der Waals surface area contributed by atoms with Crippen molar-refractivity contribution in [1.82, 2.24) is 14.9 Å². The molecular weight excluding hydrogens is 238 g/mol. The van der Waals surface area contributed by atoms with E-state index in [4.69, 9.17) is 16.0 Å². The standard InChI is InChI=1S/C12H14ClN3O/c1-9-3-4-11(17-9)8-16(2)7-10-5-15-12(13)6-14-10/h3-6H,7-8H2,1-2H3. The predicted molar refractivity (Wildman–Crippen MR) is 65.7 cm³/mol. The number of hydrogen-bond donors (Lipinski definition) is 0. The molecule has 2 heterocycles. The lowest BCUT2D eigenvalue weighted by Gasteiger charge is -2.14. The minimum Gasteiger partial charge on any atom is -0.465 e. The van der Waals surface area contributed by atoms with Gasteiger partial charge < -0.3 is 4.42 Å². The van der Waals surface area contributed by atoms with E-state index in [1.165, 1.54) is 0 Å². The summed E-state index contributed by atoms with van der Waals surface area (Å²) in [6.45, 7) is 3.40. The molecule has 0 radical (unpaired) electrons. The van der Waals surface area contributed by atoms with E-state index in [1.54, 1.807) is 12.4 Å². The van der Waals surface area contributed by atoms with Gasteiger partial charge in [0.25, 0.3) is 0 Å². The van der Waals surface area contributed by atoms with Crippen LogP contribution in [-0.2, 0) is 13.1 Å². The highest BCUT2D eigenvalue weighted by molar-refractivity contribution is 6.29. The van der Waals surface area contributed by atoms with Crippen LogP contribution < -0.4 is 0 Å². The van der Waals surface area contributed by atoms with E-state index >= 15 is 0 Å². The maximum absolute atomic E-state index is 5.68. The summed E-state index contributed by atoms with van der Waals surface area (Å²) >= 11 is 5.68. The van der Waals surface area contributed by atoms with E-state index in [1.807, 2.05) is 26.1 Å². The average molecular weight is 252 g/mol. The monoisotopic (exact) mass is 251 g/mol. The lowest BCUT2D eigenvalue weighted by Crippen LogP contribution is -2.17. The predicted octanol–water partition coefficient (Wildman–Crippen LogP) is 2.66. The highest BCUT2D eigenvalue weighted by atomic mass is 35.5. The largest absolute Gasteiger partial charge is 0.465 e. The average Bonchev–Trinajstić information content (AvgIpc) is 2.67. The minimum atomic E-state index is 0.415. The number of hydrogen-bond acceptors (Lipinski definition) is 4. The number of aryl methyl sites for hydroxylation is 1. The van der Waals surface area contributed by atoms with E-state index in [0.717, 1.165) is 23.8 Å². The molecule has 0 amide bonds. The maximum atomic E-state index is 5.68. The quantitative estimate of drug-likeness (QED) is 0.838. The van der Waals surface area contributed by atoms with Gasteiger partial charge in [-0.25, -0.2) is 4.98 Å². The number of aromatic nitrogens is 2. The highest BCUT2D eigenvalue weighted by Gasteiger charge is 2.06. The van der Waals surface area contributed by atoms with Gasteiger partial charge in [-0.05, 0) is 26.1 Å². The molecule has 0 atom stereocenters. The summed E-state index contributed by atoms with van der Waals surface area (Å²) in [5.74, 6) is 1.88. The normalized spacial score (nSPS) is 11.1. The van der Waals surface area contributed by atoms with Crippen molar-refractivity contribution >= 4 is 11.6 Å². The first-order chi connectivity index (χ1) is 8.13. The Balaban J connectivity index is 1.93. The maximum Gasteiger partial charge on any atom is 0.147 e. The van der Waals surface area contributed by atoms with Crippen LogP contribution in [0.2, 0.25) is 5.15 Å². The van der Waals surface area contributed by atoms with E-state index < -0.39 is 0 Å². The summed E-state index contributed by atoms with van der Waals surface area (Å²) in [5.41, 5.74) is 0.889. The van der Waals surface area contributed by atoms with E-state index in [2.05, 4.69) is 14.9 Å². The van der Waals surface area contributed by atoms with Crippen molar-refractivity contribution in [2.75, 3.05) is 7.05 Å². The first kappa shape index (κ1) is 12.1. The SMILES string of the molecule is Cc1ccc(CN(C)Cc2cnc(Cl)cn2)o1. The molecule has 0 saturated heterocycles. The van der Waals surface area contributed by atoms with Gasteiger partial charge in [0.1, 0.15) is 16.7 Å². The molecule has 5 heteroatoms. The molecule has 0 aliphatic carbocycles. The zero-order valence-corrected chi connectivity index (χ0v) is 10.6. The van der Waals surface area contributed by atoms with E-state index in [0.29, 0.717) is 11.7 Å². The van der Waals surface area contributed by atoms with E-state index in [9.17, 15) is 0 Å². The lowest BCUT2D eigenvalue weighted by molar-refractivity contribution is 0.282. The van der Waals surface area contributed by atoms with Crippen LogP contribution in [0.5, 0.6) is 0 Å². The molecule has 2 rings (SSSR count). The summed E-state index contributed by atoms with van der Waals surface area (Å²) in [6, 6.07) is 3.95. The van der Waals surface area contributed by atoms with Gasteiger partial charge >= 0.3 is 0 Å². The van der Waals surface area contributed by atoms with E-state index in [-0.39, 0.29) is 0 Å². The van der Waals surface area contributed by atoms with Gasteiger partial charge in [-0.3, -0.25) is 9.88 Å². The second-order valence-corrected chi connectivity index (χ2v) is 4.40. The molecule has 4 nitrogen and oxygen atoms in total. The molecule has 0 aliphatic rings. The van der Waals surface area contributed by atoms with Gasteiger partial charge in [0, 0.05) is 6.54 Å². The van der Waals surface area contributed by atoms with Crippen molar-refractivity contribution in [2.24, 2.45) is 0 Å². The zero-order chi connectivity index (χ0) is 12.3. The second kappa shape index (κ2) is 5.29. The van der Waals surface area contributed by atoms with Crippen molar-refractivity contribution in [3.8, 4) is 0 Å². The molecule has 2 aromatic rings. The van der Waals surface area contributed by atoms with Crippen LogP contribution in [0.4, 0.5) is 0 Å². The summed E-state index contributed by atoms with van der Waals surface area (Å²) < 4.78 is 5.51. The first-order valence-corrected chi connectivity index (χ1v) is 5.71. The third kappa shape index (κ3) is 3.54. The fraction of sp³-hybridized carbons (Fsp3) is 0.333. The molecule has 0 bridgehead atoms. The Morgan fingerprint density at radius 2 is 2.06 bits per heavy atom. The van der Waals surface area contributed by atoms with Crippen molar-refractivity contribution in [1.29, 1.82) is 0 Å². The van der Waals surface area contributed by atoms with Crippen LogP contribution >= 0.6 is 11.6 Å². The molecule has 0 saturated carbocycles. The fourth-order valence-corrected chi connectivity index (χ4v) is 1.69. The Bertz CT molecular complexity index is 481. The van der Waals surface area contributed by atoms with Gasteiger partial charge in [-0.1, -0.05) is 11.6 Å². The van der Waals surface area contributed by atoms with Crippen LogP contribution in [0.15, 0.2) is 28.9 Å². The van der Waals surface area contributed by atoms with Crippen molar-refractivity contribution in [3.63, 3.8) is 0 Å². The Morgan fingerprint density at radius 1 is 1.24 bits per heavy atom. The molecule has 17 heavy (non-hydrogen) atoms. The topological polar surface area (TPSA) is 42.2 Å². The van der Waals surface area contributed by atoms with Crippen LogP contribution in [0.1, 0.15) is 17.2 Å². The van der Waals surface area contributed by atoms with Gasteiger partial charge in [-0.15, -0.1) is 0 Å². The lowest BCUT2D eigenvalue weighted by atomic mass is 10.3. The molecule has 2 aromatic heterocycles. The first-order valence-electron chi connectivity index (χ1n) is 5.34. The molecule has 90 valence electrons. The van der Waals surface area contributed by atoms with Gasteiger partial charge in [-0.2, -0.15) is 0 Å². The number of rotatable bonds is 4. The second-order valence-electron chi connectivity index (χ2n) is 4.02. The fourth-order valence-electron chi connectivity index (χ4n) is 1.59. The molecule has 0 spiro atoms. The third-order valence-corrected chi connectivity index (χ3v) is 2.52. The zero-order valence-electron chi connectivity index (χ0n) is 9.85.